The van der Waals surface area contributed by atoms with Gasteiger partial charge in [-0.3, -0.25) is 4.79 Å². The molecule has 1 N–H and O–H groups in total. The van der Waals surface area contributed by atoms with Gasteiger partial charge in [0.1, 0.15) is 11.9 Å². The molecule has 2 aliphatic rings. The number of carbonyl (C=O) groups is 1. The van der Waals surface area contributed by atoms with E-state index < -0.39 is 0 Å². The molecule has 0 radical (unpaired) electrons. The van der Waals surface area contributed by atoms with Gasteiger partial charge in [-0.2, -0.15) is 5.10 Å². The first-order valence-corrected chi connectivity index (χ1v) is 13.1. The van der Waals surface area contributed by atoms with E-state index in [1.807, 2.05) is 29.8 Å². The van der Waals surface area contributed by atoms with Crippen LogP contribution in [0.5, 0.6) is 0 Å². The standard InChI is InChI=1S/C26H34Cl2N4O/c1-19-24(26(33)31-16-10-8-6-4-2-3-5-7-9-11-17-31)25(32-23(30-19)14-15-29-32)20-12-13-21(27)22(28)18-20/h12-15,18,25,30H,2-11,16-17H2,1H3. The highest BCUT2D eigenvalue weighted by molar-refractivity contribution is 6.42. The van der Waals surface area contributed by atoms with E-state index in [1.165, 1.54) is 51.4 Å². The summed E-state index contributed by atoms with van der Waals surface area (Å²) in [5, 5.41) is 8.91. The highest BCUT2D eigenvalue weighted by atomic mass is 35.5. The quantitative estimate of drug-likeness (QED) is 0.485. The van der Waals surface area contributed by atoms with Crippen LogP contribution in [0.1, 0.15) is 82.7 Å². The third-order valence-corrected chi connectivity index (χ3v) is 7.53. The molecule has 0 spiro atoms. The van der Waals surface area contributed by atoms with Crippen molar-refractivity contribution in [3.63, 3.8) is 0 Å². The number of hydrogen-bond donors (Lipinski definition) is 1. The average molecular weight is 489 g/mol. The molecular weight excluding hydrogens is 455 g/mol. The van der Waals surface area contributed by atoms with E-state index in [-0.39, 0.29) is 11.9 Å². The van der Waals surface area contributed by atoms with Crippen LogP contribution in [-0.4, -0.2) is 33.7 Å². The topological polar surface area (TPSA) is 50.2 Å². The number of allylic oxidation sites excluding steroid dienone is 1. The Morgan fingerprint density at radius 3 is 2.12 bits per heavy atom. The van der Waals surface area contributed by atoms with Crippen molar-refractivity contribution in [2.24, 2.45) is 0 Å². The Balaban J connectivity index is 1.64. The SMILES string of the molecule is CC1=C(C(=O)N2CCCCCCCCCCCC2)C(c2ccc(Cl)c(Cl)c2)n2nccc2N1. The van der Waals surface area contributed by atoms with E-state index in [9.17, 15) is 4.79 Å². The second-order valence-corrected chi connectivity index (χ2v) is 10.0. The van der Waals surface area contributed by atoms with Crippen molar-refractivity contribution in [1.82, 2.24) is 14.7 Å². The first-order valence-electron chi connectivity index (χ1n) is 12.3. The Morgan fingerprint density at radius 2 is 1.52 bits per heavy atom. The van der Waals surface area contributed by atoms with E-state index >= 15 is 0 Å². The Bertz CT molecular complexity index is 986. The number of aromatic nitrogens is 2. The predicted octanol–water partition coefficient (Wildman–Crippen LogP) is 7.22. The summed E-state index contributed by atoms with van der Waals surface area (Å²) in [6.45, 7) is 3.58. The van der Waals surface area contributed by atoms with Crippen molar-refractivity contribution in [2.45, 2.75) is 77.2 Å². The van der Waals surface area contributed by atoms with Gasteiger partial charge in [-0.15, -0.1) is 0 Å². The van der Waals surface area contributed by atoms with E-state index in [1.54, 1.807) is 12.3 Å². The van der Waals surface area contributed by atoms with Gasteiger partial charge < -0.3 is 10.2 Å². The number of fused-ring (bicyclic) bond motifs is 1. The van der Waals surface area contributed by atoms with Gasteiger partial charge in [0.15, 0.2) is 0 Å². The zero-order valence-electron chi connectivity index (χ0n) is 19.5. The first-order chi connectivity index (χ1) is 16.1. The third kappa shape index (κ3) is 5.75. The molecule has 2 aromatic rings. The van der Waals surface area contributed by atoms with Gasteiger partial charge in [0.2, 0.25) is 0 Å². The van der Waals surface area contributed by atoms with Crippen molar-refractivity contribution >= 4 is 34.9 Å². The highest BCUT2D eigenvalue weighted by Gasteiger charge is 2.35. The number of benzene rings is 1. The molecule has 1 aromatic carbocycles. The Morgan fingerprint density at radius 1 is 0.909 bits per heavy atom. The Labute approximate surface area is 207 Å². The lowest BCUT2D eigenvalue weighted by molar-refractivity contribution is -0.127. The predicted molar refractivity (Wildman–Crippen MR) is 136 cm³/mol. The lowest BCUT2D eigenvalue weighted by Gasteiger charge is -2.33. The lowest BCUT2D eigenvalue weighted by Crippen LogP contribution is -2.39. The minimum atomic E-state index is -0.344. The molecule has 0 saturated carbocycles. The van der Waals surface area contributed by atoms with E-state index in [0.717, 1.165) is 48.6 Å². The summed E-state index contributed by atoms with van der Waals surface area (Å²) in [4.78, 5) is 16.1. The van der Waals surface area contributed by atoms with Crippen molar-refractivity contribution < 1.29 is 4.79 Å². The summed E-state index contributed by atoms with van der Waals surface area (Å²) in [5.41, 5.74) is 2.50. The molecule has 1 unspecified atom stereocenters. The van der Waals surface area contributed by atoms with Crippen LogP contribution in [0.4, 0.5) is 5.82 Å². The maximum absolute atomic E-state index is 14.0. The summed E-state index contributed by atoms with van der Waals surface area (Å²) in [7, 11) is 0. The monoisotopic (exact) mass is 488 g/mol. The van der Waals surface area contributed by atoms with Gasteiger partial charge in [0, 0.05) is 24.9 Å². The molecule has 3 heterocycles. The molecule has 1 amide bonds. The van der Waals surface area contributed by atoms with E-state index in [0.29, 0.717) is 10.0 Å². The number of carbonyl (C=O) groups excluding carboxylic acids is 1. The van der Waals surface area contributed by atoms with Crippen LogP contribution in [0.15, 0.2) is 41.7 Å². The van der Waals surface area contributed by atoms with Gasteiger partial charge in [-0.05, 0) is 37.5 Å². The normalized spacial score (nSPS) is 20.8. The molecule has 178 valence electrons. The molecule has 1 saturated heterocycles. The van der Waals surface area contributed by atoms with Crippen LogP contribution in [0.25, 0.3) is 0 Å². The van der Waals surface area contributed by atoms with Crippen LogP contribution in [0.3, 0.4) is 0 Å². The summed E-state index contributed by atoms with van der Waals surface area (Å²) in [5.74, 6) is 0.956. The summed E-state index contributed by atoms with van der Waals surface area (Å²) in [6.07, 6.45) is 14.0. The third-order valence-electron chi connectivity index (χ3n) is 6.79. The van der Waals surface area contributed by atoms with Crippen LogP contribution < -0.4 is 5.32 Å². The van der Waals surface area contributed by atoms with E-state index in [2.05, 4.69) is 15.3 Å². The fraction of sp³-hybridized carbons (Fsp3) is 0.538. The summed E-state index contributed by atoms with van der Waals surface area (Å²) in [6, 6.07) is 7.17. The van der Waals surface area contributed by atoms with Gasteiger partial charge >= 0.3 is 0 Å². The fourth-order valence-electron chi connectivity index (χ4n) is 4.98. The second-order valence-electron chi connectivity index (χ2n) is 9.23. The zero-order chi connectivity index (χ0) is 23.2. The first kappa shape index (κ1) is 24.2. The molecule has 1 atom stereocenters. The average Bonchev–Trinajstić information content (AvgIpc) is 3.27. The number of amides is 1. The number of halogens is 2. The smallest absolute Gasteiger partial charge is 0.254 e. The van der Waals surface area contributed by atoms with Gasteiger partial charge in [-0.1, -0.05) is 80.6 Å². The molecule has 1 aromatic heterocycles. The minimum Gasteiger partial charge on any atom is -0.344 e. The van der Waals surface area contributed by atoms with Gasteiger partial charge in [-0.25, -0.2) is 4.68 Å². The Kier molecular flexibility index (Phi) is 8.37. The minimum absolute atomic E-state index is 0.0899. The van der Waals surface area contributed by atoms with Crippen LogP contribution >= 0.6 is 23.2 Å². The van der Waals surface area contributed by atoms with Gasteiger partial charge in [0.05, 0.1) is 21.8 Å². The van der Waals surface area contributed by atoms with E-state index in [4.69, 9.17) is 23.2 Å². The second kappa shape index (κ2) is 11.4. The van der Waals surface area contributed by atoms with Crippen LogP contribution in [0.2, 0.25) is 10.0 Å². The number of hydrogen-bond acceptors (Lipinski definition) is 3. The molecule has 0 aliphatic carbocycles. The highest BCUT2D eigenvalue weighted by Crippen LogP contribution is 2.38. The van der Waals surface area contributed by atoms with Crippen LogP contribution in [0, 0.1) is 0 Å². The fourth-order valence-corrected chi connectivity index (χ4v) is 5.28. The lowest BCUT2D eigenvalue weighted by atomic mass is 9.94. The zero-order valence-corrected chi connectivity index (χ0v) is 21.0. The number of nitrogens with one attached hydrogen (secondary N) is 1. The van der Waals surface area contributed by atoms with Crippen molar-refractivity contribution in [3.05, 3.63) is 57.3 Å². The molecule has 33 heavy (non-hydrogen) atoms. The molecule has 2 aliphatic heterocycles. The van der Waals surface area contributed by atoms with Gasteiger partial charge in [0.25, 0.3) is 5.91 Å². The maximum atomic E-state index is 14.0. The summed E-state index contributed by atoms with van der Waals surface area (Å²) < 4.78 is 1.88. The molecule has 7 heteroatoms. The molecule has 5 nitrogen and oxygen atoms in total. The largest absolute Gasteiger partial charge is 0.344 e. The molecule has 1 fully saturated rings. The van der Waals surface area contributed by atoms with Crippen molar-refractivity contribution in [1.29, 1.82) is 0 Å². The molecule has 0 bridgehead atoms. The number of nitrogens with zero attached hydrogens (tertiary/aromatic N) is 3. The molecule has 4 rings (SSSR count). The Hall–Kier alpha value is -1.98. The van der Waals surface area contributed by atoms with Crippen molar-refractivity contribution in [2.75, 3.05) is 18.4 Å². The number of anilines is 1. The summed E-state index contributed by atoms with van der Waals surface area (Å²) >= 11 is 12.6. The number of rotatable bonds is 2. The molecular formula is C26H34Cl2N4O. The van der Waals surface area contributed by atoms with Crippen LogP contribution in [-0.2, 0) is 4.79 Å². The van der Waals surface area contributed by atoms with Crippen molar-refractivity contribution in [3.8, 4) is 0 Å². The maximum Gasteiger partial charge on any atom is 0.254 e.